The molecule has 2 unspecified atom stereocenters. The summed E-state index contributed by atoms with van der Waals surface area (Å²) in [5.74, 6) is -3.93. The van der Waals surface area contributed by atoms with Crippen molar-refractivity contribution in [3.8, 4) is 0 Å². The molecule has 0 saturated carbocycles. The van der Waals surface area contributed by atoms with Gasteiger partial charge in [0.15, 0.2) is 0 Å². The minimum Gasteiger partial charge on any atom is -0.330 e. The SMILES string of the molecule is NCC1C=CC=C(C(F)(F)F)C1C(F)(F)F. The fraction of sp³-hybridized carbons (Fsp3) is 0.556. The molecule has 16 heavy (non-hydrogen) atoms. The Hall–Kier alpha value is -0.980. The third-order valence-electron chi connectivity index (χ3n) is 2.35. The molecule has 92 valence electrons. The van der Waals surface area contributed by atoms with Gasteiger partial charge in [0.1, 0.15) is 0 Å². The van der Waals surface area contributed by atoms with Crippen LogP contribution in [0.3, 0.4) is 0 Å². The zero-order chi connectivity index (χ0) is 12.6. The van der Waals surface area contributed by atoms with Crippen molar-refractivity contribution in [3.05, 3.63) is 23.8 Å². The Kier molecular flexibility index (Phi) is 3.37. The molecule has 0 amide bonds. The van der Waals surface area contributed by atoms with Crippen molar-refractivity contribution >= 4 is 0 Å². The van der Waals surface area contributed by atoms with Crippen LogP contribution >= 0.6 is 0 Å². The van der Waals surface area contributed by atoms with Gasteiger partial charge in [0.05, 0.1) is 5.92 Å². The number of allylic oxidation sites excluding steroid dienone is 3. The van der Waals surface area contributed by atoms with Crippen LogP contribution in [0, 0.1) is 11.8 Å². The van der Waals surface area contributed by atoms with E-state index >= 15 is 0 Å². The smallest absolute Gasteiger partial charge is 0.330 e. The van der Waals surface area contributed by atoms with Gasteiger partial charge in [-0.3, -0.25) is 0 Å². The Morgan fingerprint density at radius 1 is 1.12 bits per heavy atom. The van der Waals surface area contributed by atoms with Gasteiger partial charge in [-0.15, -0.1) is 0 Å². The van der Waals surface area contributed by atoms with Crippen LogP contribution in [-0.2, 0) is 0 Å². The maximum atomic E-state index is 12.5. The van der Waals surface area contributed by atoms with Crippen LogP contribution < -0.4 is 5.73 Å². The molecule has 1 aliphatic carbocycles. The minimum atomic E-state index is -4.99. The van der Waals surface area contributed by atoms with Crippen LogP contribution in [0.5, 0.6) is 0 Å². The molecular weight excluding hydrogens is 236 g/mol. The van der Waals surface area contributed by atoms with Crippen molar-refractivity contribution in [1.82, 2.24) is 0 Å². The highest BCUT2D eigenvalue weighted by Gasteiger charge is 2.53. The Morgan fingerprint density at radius 3 is 2.06 bits per heavy atom. The monoisotopic (exact) mass is 245 g/mol. The van der Waals surface area contributed by atoms with Gasteiger partial charge in [0.25, 0.3) is 0 Å². The lowest BCUT2D eigenvalue weighted by Crippen LogP contribution is -2.40. The molecule has 0 heterocycles. The quantitative estimate of drug-likeness (QED) is 0.706. The Labute approximate surface area is 87.6 Å². The second kappa shape index (κ2) is 4.12. The van der Waals surface area contributed by atoms with Crippen molar-refractivity contribution in [3.63, 3.8) is 0 Å². The van der Waals surface area contributed by atoms with E-state index < -0.39 is 36.3 Å². The maximum Gasteiger partial charge on any atom is 0.413 e. The molecule has 0 radical (unpaired) electrons. The molecule has 0 aromatic heterocycles. The standard InChI is InChI=1S/C9H9F6N/c10-8(11,12)6-3-1-2-5(4-16)7(6)9(13,14)15/h1-3,5,7H,4,16H2. The number of hydrogen-bond acceptors (Lipinski definition) is 1. The van der Waals surface area contributed by atoms with Gasteiger partial charge in [-0.1, -0.05) is 18.2 Å². The molecule has 0 spiro atoms. The molecule has 1 nitrogen and oxygen atoms in total. The minimum absolute atomic E-state index is 0.449. The van der Waals surface area contributed by atoms with Gasteiger partial charge in [-0.05, 0) is 6.54 Å². The first-order valence-corrected chi connectivity index (χ1v) is 4.40. The molecular formula is C9H9F6N. The highest BCUT2D eigenvalue weighted by molar-refractivity contribution is 5.28. The Balaban J connectivity index is 3.14. The first kappa shape index (κ1) is 13.1. The predicted molar refractivity (Wildman–Crippen MR) is 45.4 cm³/mol. The normalized spacial score (nSPS) is 26.8. The first-order chi connectivity index (χ1) is 7.18. The van der Waals surface area contributed by atoms with E-state index in [1.807, 2.05) is 0 Å². The number of hydrogen-bond donors (Lipinski definition) is 1. The largest absolute Gasteiger partial charge is 0.413 e. The van der Waals surface area contributed by atoms with E-state index in [-0.39, 0.29) is 0 Å². The third kappa shape index (κ3) is 2.58. The van der Waals surface area contributed by atoms with Crippen molar-refractivity contribution in [2.75, 3.05) is 6.54 Å². The van der Waals surface area contributed by atoms with Gasteiger partial charge in [-0.25, -0.2) is 0 Å². The summed E-state index contributed by atoms with van der Waals surface area (Å²) in [7, 11) is 0. The molecule has 0 saturated heterocycles. The van der Waals surface area contributed by atoms with E-state index in [1.54, 1.807) is 0 Å². The fourth-order valence-electron chi connectivity index (χ4n) is 1.65. The summed E-state index contributed by atoms with van der Waals surface area (Å²) in [5, 5.41) is 0. The summed E-state index contributed by atoms with van der Waals surface area (Å²) in [5.41, 5.74) is 3.46. The van der Waals surface area contributed by atoms with Crippen LogP contribution in [0.25, 0.3) is 0 Å². The van der Waals surface area contributed by atoms with E-state index in [4.69, 9.17) is 5.73 Å². The molecule has 0 aromatic rings. The van der Waals surface area contributed by atoms with Crippen molar-refractivity contribution < 1.29 is 26.3 Å². The molecule has 2 atom stereocenters. The molecule has 7 heteroatoms. The average Bonchev–Trinajstić information content (AvgIpc) is 2.13. The first-order valence-electron chi connectivity index (χ1n) is 4.40. The third-order valence-corrected chi connectivity index (χ3v) is 2.35. The fourth-order valence-corrected chi connectivity index (χ4v) is 1.65. The van der Waals surface area contributed by atoms with Crippen molar-refractivity contribution in [1.29, 1.82) is 0 Å². The number of rotatable bonds is 1. The molecule has 0 aliphatic heterocycles. The number of alkyl halides is 6. The molecule has 1 rings (SSSR count). The summed E-state index contributed by atoms with van der Waals surface area (Å²) >= 11 is 0. The van der Waals surface area contributed by atoms with Gasteiger partial charge >= 0.3 is 12.4 Å². The van der Waals surface area contributed by atoms with Gasteiger partial charge in [0.2, 0.25) is 0 Å². The lowest BCUT2D eigenvalue weighted by molar-refractivity contribution is -0.194. The lowest BCUT2D eigenvalue weighted by Gasteiger charge is -2.31. The zero-order valence-corrected chi connectivity index (χ0v) is 7.94. The molecule has 2 N–H and O–H groups in total. The van der Waals surface area contributed by atoms with E-state index in [9.17, 15) is 26.3 Å². The van der Waals surface area contributed by atoms with Crippen LogP contribution in [0.4, 0.5) is 26.3 Å². The lowest BCUT2D eigenvalue weighted by atomic mass is 9.81. The summed E-state index contributed by atoms with van der Waals surface area (Å²) in [6.07, 6.45) is -7.48. The van der Waals surface area contributed by atoms with Gasteiger partial charge < -0.3 is 5.73 Å². The molecule has 1 aliphatic rings. The highest BCUT2D eigenvalue weighted by Crippen LogP contribution is 2.45. The van der Waals surface area contributed by atoms with Crippen LogP contribution in [0.1, 0.15) is 0 Å². The average molecular weight is 245 g/mol. The molecule has 0 bridgehead atoms. The van der Waals surface area contributed by atoms with E-state index in [1.165, 1.54) is 0 Å². The topological polar surface area (TPSA) is 26.0 Å². The maximum absolute atomic E-state index is 12.5. The van der Waals surface area contributed by atoms with Crippen molar-refractivity contribution in [2.45, 2.75) is 12.4 Å². The second-order valence-electron chi connectivity index (χ2n) is 3.42. The number of halogens is 6. The van der Waals surface area contributed by atoms with Gasteiger partial charge in [0, 0.05) is 11.5 Å². The Morgan fingerprint density at radius 2 is 1.69 bits per heavy atom. The summed E-state index contributed by atoms with van der Waals surface area (Å²) in [6, 6.07) is 0. The van der Waals surface area contributed by atoms with E-state index in [2.05, 4.69) is 0 Å². The van der Waals surface area contributed by atoms with E-state index in [0.717, 1.165) is 12.2 Å². The second-order valence-corrected chi connectivity index (χ2v) is 3.42. The summed E-state index contributed by atoms with van der Waals surface area (Å²) < 4.78 is 74.8. The Bertz CT molecular complexity index is 311. The predicted octanol–water partition coefficient (Wildman–Crippen LogP) is 2.80. The zero-order valence-electron chi connectivity index (χ0n) is 7.94. The van der Waals surface area contributed by atoms with Crippen LogP contribution in [0.15, 0.2) is 23.8 Å². The number of nitrogens with two attached hydrogens (primary N) is 1. The van der Waals surface area contributed by atoms with Crippen molar-refractivity contribution in [2.24, 2.45) is 17.6 Å². The summed E-state index contributed by atoms with van der Waals surface area (Å²) in [6.45, 7) is -0.478. The van der Waals surface area contributed by atoms with Gasteiger partial charge in [-0.2, -0.15) is 26.3 Å². The van der Waals surface area contributed by atoms with E-state index in [0.29, 0.717) is 6.08 Å². The molecule has 0 fully saturated rings. The molecule has 0 aromatic carbocycles. The van der Waals surface area contributed by atoms with Crippen LogP contribution in [0.2, 0.25) is 0 Å². The van der Waals surface area contributed by atoms with Crippen LogP contribution in [-0.4, -0.2) is 18.9 Å². The summed E-state index contributed by atoms with van der Waals surface area (Å²) in [4.78, 5) is 0. The highest BCUT2D eigenvalue weighted by atomic mass is 19.4.